The summed E-state index contributed by atoms with van der Waals surface area (Å²) in [6.45, 7) is 0.859. The van der Waals surface area contributed by atoms with Crippen molar-refractivity contribution < 1.29 is 14.1 Å². The average Bonchev–Trinajstić information content (AvgIpc) is 3.36. The fourth-order valence-electron chi connectivity index (χ4n) is 2.98. The SMILES string of the molecule is O=C(CCc1nc2ccccc2[nH]c1=O)NCc1noc([C@H]2CCCO2)n1. The van der Waals surface area contributed by atoms with Crippen LogP contribution in [0.2, 0.25) is 0 Å². The van der Waals surface area contributed by atoms with Crippen molar-refractivity contribution in [3.05, 3.63) is 52.0 Å². The first kappa shape index (κ1) is 17.3. The van der Waals surface area contributed by atoms with Gasteiger partial charge >= 0.3 is 0 Å². The van der Waals surface area contributed by atoms with Crippen molar-refractivity contribution in [2.45, 2.75) is 38.3 Å². The van der Waals surface area contributed by atoms with E-state index in [9.17, 15) is 9.59 Å². The standard InChI is InChI=1S/C18H19N5O4/c24-16(19-10-15-22-18(27-23-15)14-6-3-9-26-14)8-7-13-17(25)21-12-5-2-1-4-11(12)20-13/h1-2,4-5,14H,3,6-10H2,(H,19,24)(H,21,25)/t14-/m1/s1. The molecule has 0 unspecified atom stereocenters. The molecule has 2 N–H and O–H groups in total. The van der Waals surface area contributed by atoms with Crippen LogP contribution in [0.1, 0.15) is 42.8 Å². The molecule has 1 fully saturated rings. The molecule has 2 aromatic heterocycles. The lowest BCUT2D eigenvalue weighted by atomic mass is 10.2. The molecular formula is C18H19N5O4. The number of aromatic nitrogens is 4. The second kappa shape index (κ2) is 7.67. The Labute approximate surface area is 154 Å². The number of carbonyl (C=O) groups is 1. The minimum atomic E-state index is -0.277. The predicted molar refractivity (Wildman–Crippen MR) is 94.8 cm³/mol. The summed E-state index contributed by atoms with van der Waals surface area (Å²) in [6, 6.07) is 7.28. The van der Waals surface area contributed by atoms with Crippen molar-refractivity contribution in [1.29, 1.82) is 0 Å². The molecule has 1 saturated heterocycles. The lowest BCUT2D eigenvalue weighted by molar-refractivity contribution is -0.121. The number of hydrogen-bond acceptors (Lipinski definition) is 7. The monoisotopic (exact) mass is 369 g/mol. The predicted octanol–water partition coefficient (Wildman–Crippen LogP) is 1.41. The van der Waals surface area contributed by atoms with E-state index in [2.05, 4.69) is 25.4 Å². The fraction of sp³-hybridized carbons (Fsp3) is 0.389. The van der Waals surface area contributed by atoms with Crippen LogP contribution in [0.4, 0.5) is 0 Å². The zero-order valence-electron chi connectivity index (χ0n) is 14.6. The summed E-state index contributed by atoms with van der Waals surface area (Å²) in [5, 5.41) is 6.58. The molecule has 0 radical (unpaired) electrons. The summed E-state index contributed by atoms with van der Waals surface area (Å²) in [4.78, 5) is 35.5. The van der Waals surface area contributed by atoms with Crippen LogP contribution in [-0.4, -0.2) is 32.6 Å². The van der Waals surface area contributed by atoms with E-state index in [1.807, 2.05) is 18.2 Å². The minimum absolute atomic E-state index is 0.144. The van der Waals surface area contributed by atoms with Gasteiger partial charge in [-0.15, -0.1) is 0 Å². The molecule has 27 heavy (non-hydrogen) atoms. The van der Waals surface area contributed by atoms with E-state index in [-0.39, 0.29) is 37.0 Å². The van der Waals surface area contributed by atoms with Gasteiger partial charge in [-0.25, -0.2) is 4.98 Å². The Morgan fingerprint density at radius 3 is 3.04 bits per heavy atom. The van der Waals surface area contributed by atoms with Crippen LogP contribution in [0.15, 0.2) is 33.6 Å². The van der Waals surface area contributed by atoms with Gasteiger partial charge in [-0.2, -0.15) is 4.98 Å². The van der Waals surface area contributed by atoms with Crippen molar-refractivity contribution in [2.24, 2.45) is 0 Å². The van der Waals surface area contributed by atoms with Crippen LogP contribution in [0.25, 0.3) is 11.0 Å². The highest BCUT2D eigenvalue weighted by atomic mass is 16.5. The topological polar surface area (TPSA) is 123 Å². The summed E-state index contributed by atoms with van der Waals surface area (Å²) in [5.74, 6) is 0.631. The zero-order chi connectivity index (χ0) is 18.6. The lowest BCUT2D eigenvalue weighted by Gasteiger charge is -2.04. The van der Waals surface area contributed by atoms with Gasteiger partial charge in [0, 0.05) is 19.4 Å². The van der Waals surface area contributed by atoms with E-state index < -0.39 is 0 Å². The van der Waals surface area contributed by atoms with Crippen molar-refractivity contribution >= 4 is 16.9 Å². The van der Waals surface area contributed by atoms with Crippen LogP contribution in [0.5, 0.6) is 0 Å². The number of fused-ring (bicyclic) bond motifs is 1. The molecule has 9 heteroatoms. The van der Waals surface area contributed by atoms with Gasteiger partial charge in [-0.05, 0) is 25.0 Å². The van der Waals surface area contributed by atoms with Crippen molar-refractivity contribution in [2.75, 3.05) is 6.61 Å². The summed E-state index contributed by atoms with van der Waals surface area (Å²) in [7, 11) is 0. The fourth-order valence-corrected chi connectivity index (χ4v) is 2.98. The first-order chi connectivity index (χ1) is 13.2. The number of nitrogens with zero attached hydrogens (tertiary/aromatic N) is 3. The van der Waals surface area contributed by atoms with E-state index in [4.69, 9.17) is 9.26 Å². The Kier molecular flexibility index (Phi) is 4.93. The first-order valence-corrected chi connectivity index (χ1v) is 8.88. The van der Waals surface area contributed by atoms with Crippen LogP contribution >= 0.6 is 0 Å². The minimum Gasteiger partial charge on any atom is -0.368 e. The van der Waals surface area contributed by atoms with Gasteiger partial charge in [0.25, 0.3) is 11.4 Å². The Balaban J connectivity index is 1.31. The highest BCUT2D eigenvalue weighted by Crippen LogP contribution is 2.26. The number of aromatic amines is 1. The summed E-state index contributed by atoms with van der Waals surface area (Å²) in [6.07, 6.45) is 2.08. The van der Waals surface area contributed by atoms with Crippen LogP contribution < -0.4 is 10.9 Å². The molecule has 1 aliphatic heterocycles. The number of H-pyrrole nitrogens is 1. The largest absolute Gasteiger partial charge is 0.368 e. The van der Waals surface area contributed by atoms with Crippen molar-refractivity contribution in [1.82, 2.24) is 25.4 Å². The van der Waals surface area contributed by atoms with Gasteiger partial charge in [0.05, 0.1) is 17.6 Å². The molecule has 140 valence electrons. The third-order valence-electron chi connectivity index (χ3n) is 4.39. The smallest absolute Gasteiger partial charge is 0.270 e. The highest BCUT2D eigenvalue weighted by Gasteiger charge is 2.23. The first-order valence-electron chi connectivity index (χ1n) is 8.88. The van der Waals surface area contributed by atoms with Crippen LogP contribution in [0, 0.1) is 0 Å². The van der Waals surface area contributed by atoms with Crippen LogP contribution in [-0.2, 0) is 22.5 Å². The van der Waals surface area contributed by atoms with E-state index in [0.717, 1.165) is 12.8 Å². The maximum absolute atomic E-state index is 12.1. The Hall–Kier alpha value is -3.07. The maximum atomic E-state index is 12.1. The molecule has 1 aliphatic rings. The highest BCUT2D eigenvalue weighted by molar-refractivity contribution is 5.76. The molecule has 3 heterocycles. The van der Waals surface area contributed by atoms with Crippen molar-refractivity contribution in [3.63, 3.8) is 0 Å². The number of hydrogen-bond donors (Lipinski definition) is 2. The average molecular weight is 369 g/mol. The summed E-state index contributed by atoms with van der Waals surface area (Å²) < 4.78 is 10.7. The number of ether oxygens (including phenoxy) is 1. The third-order valence-corrected chi connectivity index (χ3v) is 4.39. The Morgan fingerprint density at radius 1 is 1.30 bits per heavy atom. The number of nitrogens with one attached hydrogen (secondary N) is 2. The Bertz CT molecular complexity index is 1010. The van der Waals surface area contributed by atoms with Crippen molar-refractivity contribution in [3.8, 4) is 0 Å². The van der Waals surface area contributed by atoms with E-state index >= 15 is 0 Å². The molecule has 0 spiro atoms. The van der Waals surface area contributed by atoms with Gasteiger partial charge in [-0.3, -0.25) is 9.59 Å². The number of amides is 1. The quantitative estimate of drug-likeness (QED) is 0.673. The molecule has 4 rings (SSSR count). The van der Waals surface area contributed by atoms with E-state index in [0.29, 0.717) is 35.0 Å². The normalized spacial score (nSPS) is 16.7. The summed E-state index contributed by atoms with van der Waals surface area (Å²) >= 11 is 0. The summed E-state index contributed by atoms with van der Waals surface area (Å²) in [5.41, 5.74) is 1.43. The second-order valence-electron chi connectivity index (χ2n) is 6.36. The maximum Gasteiger partial charge on any atom is 0.270 e. The zero-order valence-corrected chi connectivity index (χ0v) is 14.6. The van der Waals surface area contributed by atoms with Gasteiger partial charge in [-0.1, -0.05) is 17.3 Å². The molecule has 0 aliphatic carbocycles. The Morgan fingerprint density at radius 2 is 2.19 bits per heavy atom. The number of rotatable bonds is 6. The molecular weight excluding hydrogens is 350 g/mol. The molecule has 0 saturated carbocycles. The van der Waals surface area contributed by atoms with E-state index in [1.54, 1.807) is 6.07 Å². The van der Waals surface area contributed by atoms with Crippen LogP contribution in [0.3, 0.4) is 0 Å². The number of para-hydroxylation sites is 2. The number of benzene rings is 1. The molecule has 1 amide bonds. The molecule has 3 aromatic rings. The van der Waals surface area contributed by atoms with Gasteiger partial charge in [0.1, 0.15) is 11.8 Å². The van der Waals surface area contributed by atoms with Gasteiger partial charge in [0.15, 0.2) is 5.82 Å². The lowest BCUT2D eigenvalue weighted by Crippen LogP contribution is -2.25. The van der Waals surface area contributed by atoms with Gasteiger partial charge < -0.3 is 19.6 Å². The van der Waals surface area contributed by atoms with Gasteiger partial charge in [0.2, 0.25) is 5.91 Å². The second-order valence-corrected chi connectivity index (χ2v) is 6.36. The molecule has 1 atom stereocenters. The molecule has 1 aromatic carbocycles. The number of carbonyl (C=O) groups excluding carboxylic acids is 1. The third kappa shape index (κ3) is 4.03. The molecule has 0 bridgehead atoms. The molecule has 9 nitrogen and oxygen atoms in total. The number of aryl methyl sites for hydroxylation is 1. The van der Waals surface area contributed by atoms with E-state index in [1.165, 1.54) is 0 Å².